The summed E-state index contributed by atoms with van der Waals surface area (Å²) in [5, 5.41) is 1.09. The quantitative estimate of drug-likeness (QED) is 0.638. The van der Waals surface area contributed by atoms with Gasteiger partial charge in [-0.05, 0) is 25.1 Å². The van der Waals surface area contributed by atoms with Crippen molar-refractivity contribution in [2.75, 3.05) is 5.88 Å². The Labute approximate surface area is 134 Å². The summed E-state index contributed by atoms with van der Waals surface area (Å²) in [6.07, 6.45) is 2.68. The molecule has 0 unspecified atom stereocenters. The number of benzene rings is 1. The predicted molar refractivity (Wildman–Crippen MR) is 87.8 cm³/mol. The normalized spacial score (nSPS) is 11.3. The average molecular weight is 371 g/mol. The second-order valence-electron chi connectivity index (χ2n) is 4.55. The van der Waals surface area contributed by atoms with E-state index in [9.17, 15) is 0 Å². The molecule has 0 aliphatic heterocycles. The molecule has 0 spiro atoms. The van der Waals surface area contributed by atoms with Crippen LogP contribution in [0.4, 0.5) is 0 Å². The van der Waals surface area contributed by atoms with E-state index in [0.717, 1.165) is 39.3 Å². The van der Waals surface area contributed by atoms with Crippen molar-refractivity contribution in [1.29, 1.82) is 0 Å². The lowest BCUT2D eigenvalue weighted by Crippen LogP contribution is -2.05. The zero-order valence-electron chi connectivity index (χ0n) is 10.9. The zero-order valence-corrected chi connectivity index (χ0v) is 14.1. The lowest BCUT2D eigenvalue weighted by atomic mass is 10.3. The fourth-order valence-electron chi connectivity index (χ4n) is 2.21. The Morgan fingerprint density at radius 3 is 2.95 bits per heavy atom. The van der Waals surface area contributed by atoms with Crippen LogP contribution in [0.2, 0.25) is 0 Å². The monoisotopic (exact) mass is 369 g/mol. The van der Waals surface area contributed by atoms with Crippen molar-refractivity contribution in [2.45, 2.75) is 19.9 Å². The van der Waals surface area contributed by atoms with Crippen LogP contribution in [0.3, 0.4) is 0 Å². The average Bonchev–Trinajstić information content (AvgIpc) is 2.96. The summed E-state index contributed by atoms with van der Waals surface area (Å²) in [5.74, 6) is 1.59. The SMILES string of the molecule is Cc1cnc(Cn2c(CCCl)nc3ccc(Br)cc32)s1. The largest absolute Gasteiger partial charge is 0.321 e. The molecule has 3 nitrogen and oxygen atoms in total. The Balaban J connectivity index is 2.09. The number of aryl methyl sites for hydroxylation is 2. The van der Waals surface area contributed by atoms with E-state index >= 15 is 0 Å². The van der Waals surface area contributed by atoms with Crippen LogP contribution in [0.25, 0.3) is 11.0 Å². The maximum atomic E-state index is 5.90. The van der Waals surface area contributed by atoms with Gasteiger partial charge in [0, 0.05) is 27.8 Å². The first-order chi connectivity index (χ1) is 9.67. The van der Waals surface area contributed by atoms with E-state index in [0.29, 0.717) is 5.88 Å². The molecule has 0 saturated carbocycles. The molecule has 0 aliphatic carbocycles. The third kappa shape index (κ3) is 2.75. The molecule has 0 saturated heterocycles. The molecule has 0 atom stereocenters. The summed E-state index contributed by atoms with van der Waals surface area (Å²) < 4.78 is 3.26. The molecule has 3 aromatic rings. The lowest BCUT2D eigenvalue weighted by Gasteiger charge is -2.06. The molecular formula is C14H13BrClN3S. The second-order valence-corrected chi connectivity index (χ2v) is 7.16. The summed E-state index contributed by atoms with van der Waals surface area (Å²) in [7, 11) is 0. The van der Waals surface area contributed by atoms with Gasteiger partial charge in [-0.2, -0.15) is 0 Å². The van der Waals surface area contributed by atoms with E-state index in [1.807, 2.05) is 18.3 Å². The minimum absolute atomic E-state index is 0.571. The summed E-state index contributed by atoms with van der Waals surface area (Å²) in [6, 6.07) is 6.14. The van der Waals surface area contributed by atoms with Gasteiger partial charge in [0.15, 0.2) is 0 Å². The highest BCUT2D eigenvalue weighted by molar-refractivity contribution is 9.10. The molecule has 6 heteroatoms. The van der Waals surface area contributed by atoms with Crippen molar-refractivity contribution in [2.24, 2.45) is 0 Å². The Hall–Kier alpha value is -0.910. The van der Waals surface area contributed by atoms with E-state index in [2.05, 4.69) is 43.5 Å². The van der Waals surface area contributed by atoms with Crippen molar-refractivity contribution < 1.29 is 0 Å². The van der Waals surface area contributed by atoms with Gasteiger partial charge in [0.05, 0.1) is 17.6 Å². The number of nitrogens with zero attached hydrogens (tertiary/aromatic N) is 3. The van der Waals surface area contributed by atoms with Crippen molar-refractivity contribution in [1.82, 2.24) is 14.5 Å². The van der Waals surface area contributed by atoms with Gasteiger partial charge in [0.2, 0.25) is 0 Å². The molecule has 1 aromatic carbocycles. The van der Waals surface area contributed by atoms with E-state index < -0.39 is 0 Å². The fourth-order valence-corrected chi connectivity index (χ4v) is 3.50. The van der Waals surface area contributed by atoms with Gasteiger partial charge in [-0.1, -0.05) is 15.9 Å². The zero-order chi connectivity index (χ0) is 14.1. The summed E-state index contributed by atoms with van der Waals surface area (Å²) in [4.78, 5) is 10.4. The van der Waals surface area contributed by atoms with Crippen LogP contribution in [0.15, 0.2) is 28.9 Å². The highest BCUT2D eigenvalue weighted by atomic mass is 79.9. The fraction of sp³-hybridized carbons (Fsp3) is 0.286. The van der Waals surface area contributed by atoms with E-state index in [1.54, 1.807) is 11.3 Å². The van der Waals surface area contributed by atoms with Crippen molar-refractivity contribution in [3.8, 4) is 0 Å². The van der Waals surface area contributed by atoms with Gasteiger partial charge in [0.25, 0.3) is 0 Å². The van der Waals surface area contributed by atoms with Crippen LogP contribution >= 0.6 is 38.9 Å². The van der Waals surface area contributed by atoms with E-state index in [-0.39, 0.29) is 0 Å². The Bertz CT molecular complexity index is 750. The number of rotatable bonds is 4. The highest BCUT2D eigenvalue weighted by Gasteiger charge is 2.12. The third-order valence-corrected chi connectivity index (χ3v) is 4.65. The second kappa shape index (κ2) is 5.84. The topological polar surface area (TPSA) is 30.7 Å². The minimum Gasteiger partial charge on any atom is -0.321 e. The maximum Gasteiger partial charge on any atom is 0.113 e. The number of fused-ring (bicyclic) bond motifs is 1. The van der Waals surface area contributed by atoms with Gasteiger partial charge < -0.3 is 4.57 Å². The van der Waals surface area contributed by atoms with Crippen molar-refractivity contribution in [3.63, 3.8) is 0 Å². The molecule has 0 bridgehead atoms. The molecular weight excluding hydrogens is 358 g/mol. The van der Waals surface area contributed by atoms with Gasteiger partial charge in [-0.15, -0.1) is 22.9 Å². The molecule has 2 aromatic heterocycles. The molecule has 0 aliphatic rings. The molecule has 20 heavy (non-hydrogen) atoms. The Kier molecular flexibility index (Phi) is 4.10. The van der Waals surface area contributed by atoms with Gasteiger partial charge >= 0.3 is 0 Å². The molecule has 2 heterocycles. The van der Waals surface area contributed by atoms with Crippen molar-refractivity contribution >= 4 is 49.9 Å². The standard InChI is InChI=1S/C14H13BrClN3S/c1-9-7-17-14(20-9)8-19-12-6-10(15)2-3-11(12)18-13(19)4-5-16/h2-3,6-7H,4-5,8H2,1H3. The smallest absolute Gasteiger partial charge is 0.113 e. The summed E-state index contributed by atoms with van der Waals surface area (Å²) in [6.45, 7) is 2.82. The number of hydrogen-bond acceptors (Lipinski definition) is 3. The molecule has 0 radical (unpaired) electrons. The first kappa shape index (κ1) is 14.0. The van der Waals surface area contributed by atoms with Crippen LogP contribution in [-0.2, 0) is 13.0 Å². The Morgan fingerprint density at radius 2 is 2.25 bits per heavy atom. The van der Waals surface area contributed by atoms with Crippen LogP contribution < -0.4 is 0 Å². The summed E-state index contributed by atoms with van der Waals surface area (Å²) in [5.41, 5.74) is 2.12. The number of hydrogen-bond donors (Lipinski definition) is 0. The van der Waals surface area contributed by atoms with E-state index in [1.165, 1.54) is 4.88 Å². The number of thiazole rings is 1. The van der Waals surface area contributed by atoms with E-state index in [4.69, 9.17) is 11.6 Å². The molecule has 0 N–H and O–H groups in total. The first-order valence-corrected chi connectivity index (χ1v) is 8.43. The minimum atomic E-state index is 0.571. The van der Waals surface area contributed by atoms with Gasteiger partial charge in [-0.3, -0.25) is 0 Å². The molecule has 104 valence electrons. The first-order valence-electron chi connectivity index (χ1n) is 6.29. The van der Waals surface area contributed by atoms with Gasteiger partial charge in [-0.25, -0.2) is 9.97 Å². The number of halogens is 2. The van der Waals surface area contributed by atoms with Crippen LogP contribution in [0.5, 0.6) is 0 Å². The van der Waals surface area contributed by atoms with Crippen molar-refractivity contribution in [3.05, 3.63) is 44.6 Å². The van der Waals surface area contributed by atoms with Gasteiger partial charge in [0.1, 0.15) is 10.8 Å². The molecule has 0 amide bonds. The third-order valence-electron chi connectivity index (χ3n) is 3.07. The predicted octanol–water partition coefficient (Wildman–Crippen LogP) is 4.39. The number of aromatic nitrogens is 3. The number of alkyl halides is 1. The maximum absolute atomic E-state index is 5.90. The summed E-state index contributed by atoms with van der Waals surface area (Å²) >= 11 is 11.1. The Morgan fingerprint density at radius 1 is 1.40 bits per heavy atom. The van der Waals surface area contributed by atoms with Crippen LogP contribution in [0.1, 0.15) is 15.7 Å². The lowest BCUT2D eigenvalue weighted by molar-refractivity contribution is 0.750. The number of imidazole rings is 1. The van der Waals surface area contributed by atoms with Crippen LogP contribution in [0, 0.1) is 6.92 Å². The molecule has 0 fully saturated rings. The highest BCUT2D eigenvalue weighted by Crippen LogP contribution is 2.23. The molecule has 3 rings (SSSR count). The van der Waals surface area contributed by atoms with Crippen LogP contribution in [-0.4, -0.2) is 20.4 Å².